The molecule has 0 aromatic carbocycles. The van der Waals surface area contributed by atoms with Crippen molar-refractivity contribution in [3.63, 3.8) is 0 Å². The number of nitrogens with one attached hydrogen (secondary N) is 1. The van der Waals surface area contributed by atoms with E-state index in [2.05, 4.69) is 29.4 Å². The van der Waals surface area contributed by atoms with Gasteiger partial charge in [0.1, 0.15) is 0 Å². The summed E-state index contributed by atoms with van der Waals surface area (Å²) in [6.45, 7) is 4.95. The average Bonchev–Trinajstić information content (AvgIpc) is 2.63. The molecule has 1 heterocycles. The van der Waals surface area contributed by atoms with Crippen molar-refractivity contribution in [1.82, 2.24) is 10.2 Å². The van der Waals surface area contributed by atoms with Crippen LogP contribution in [0.5, 0.6) is 0 Å². The molecule has 7 heteroatoms. The molecule has 1 aromatic heterocycles. The van der Waals surface area contributed by atoms with Crippen LogP contribution < -0.4 is 5.32 Å². The number of halogens is 3. The summed E-state index contributed by atoms with van der Waals surface area (Å²) in [4.78, 5) is 0. The molecule has 16 heavy (non-hydrogen) atoms. The van der Waals surface area contributed by atoms with Crippen LogP contribution in [0.2, 0.25) is 0 Å². The van der Waals surface area contributed by atoms with Gasteiger partial charge in [0.15, 0.2) is 0 Å². The molecule has 1 atom stereocenters. The Kier molecular flexibility index (Phi) is 2.60. The Morgan fingerprint density at radius 1 is 1.44 bits per heavy atom. The van der Waals surface area contributed by atoms with Gasteiger partial charge in [0.05, 0.1) is 0 Å². The largest absolute Gasteiger partial charge is 0.445 e. The van der Waals surface area contributed by atoms with Crippen LogP contribution in [0.3, 0.4) is 0 Å². The Hall–Kier alpha value is -0.850. The molecule has 1 N–H and O–H groups in total. The maximum atomic E-state index is 12.2. The van der Waals surface area contributed by atoms with E-state index in [4.69, 9.17) is 0 Å². The van der Waals surface area contributed by atoms with Gasteiger partial charge in [-0.25, -0.2) is 0 Å². The summed E-state index contributed by atoms with van der Waals surface area (Å²) in [5.74, 6) is 0.519. The minimum Gasteiger partial charge on any atom is -0.360 e. The predicted molar refractivity (Wildman–Crippen MR) is 55.3 cm³/mol. The van der Waals surface area contributed by atoms with Crippen LogP contribution in [0, 0.1) is 11.3 Å². The molecule has 0 amide bonds. The van der Waals surface area contributed by atoms with Crippen molar-refractivity contribution in [2.24, 2.45) is 11.3 Å². The van der Waals surface area contributed by atoms with Crippen LogP contribution in [0.1, 0.15) is 25.3 Å². The maximum absolute atomic E-state index is 12.2. The third kappa shape index (κ3) is 2.45. The molecule has 0 radical (unpaired) electrons. The van der Waals surface area contributed by atoms with Crippen LogP contribution >= 0.6 is 11.3 Å². The Morgan fingerprint density at radius 2 is 2.06 bits per heavy atom. The van der Waals surface area contributed by atoms with E-state index in [9.17, 15) is 13.2 Å². The summed E-state index contributed by atoms with van der Waals surface area (Å²) in [6.07, 6.45) is -3.29. The first kappa shape index (κ1) is 11.6. The molecular formula is C9H12F3N3S. The second kappa shape index (κ2) is 3.58. The van der Waals surface area contributed by atoms with Crippen LogP contribution in [0.15, 0.2) is 0 Å². The quantitative estimate of drug-likeness (QED) is 0.897. The highest BCUT2D eigenvalue weighted by Crippen LogP contribution is 2.51. The molecule has 1 aliphatic carbocycles. The fourth-order valence-corrected chi connectivity index (χ4v) is 2.16. The maximum Gasteiger partial charge on any atom is 0.445 e. The molecular weight excluding hydrogens is 239 g/mol. The van der Waals surface area contributed by atoms with E-state index >= 15 is 0 Å². The summed E-state index contributed by atoms with van der Waals surface area (Å²) in [5.41, 5.74) is 0.310. The molecule has 1 saturated carbocycles. The fourth-order valence-electron chi connectivity index (χ4n) is 1.54. The second-order valence-electron chi connectivity index (χ2n) is 4.68. The molecule has 0 spiro atoms. The zero-order valence-corrected chi connectivity index (χ0v) is 9.74. The van der Waals surface area contributed by atoms with Crippen LogP contribution in [0.25, 0.3) is 0 Å². The molecule has 2 rings (SSSR count). The van der Waals surface area contributed by atoms with E-state index in [0.29, 0.717) is 29.2 Å². The number of anilines is 1. The number of hydrogen-bond acceptors (Lipinski definition) is 4. The van der Waals surface area contributed by atoms with E-state index in [1.54, 1.807) is 0 Å². The summed E-state index contributed by atoms with van der Waals surface area (Å²) in [7, 11) is 0. The van der Waals surface area contributed by atoms with E-state index in [1.165, 1.54) is 0 Å². The molecule has 1 unspecified atom stereocenters. The van der Waals surface area contributed by atoms with Crippen molar-refractivity contribution in [3.05, 3.63) is 5.01 Å². The Morgan fingerprint density at radius 3 is 2.50 bits per heavy atom. The summed E-state index contributed by atoms with van der Waals surface area (Å²) >= 11 is 0.551. The Balaban J connectivity index is 1.89. The summed E-state index contributed by atoms with van der Waals surface area (Å²) in [6, 6.07) is 0. The molecule has 1 fully saturated rings. The van der Waals surface area contributed by atoms with E-state index in [1.807, 2.05) is 0 Å². The highest BCUT2D eigenvalue weighted by molar-refractivity contribution is 7.15. The normalized spacial score (nSPS) is 23.2. The van der Waals surface area contributed by atoms with E-state index < -0.39 is 11.2 Å². The number of alkyl halides is 3. The van der Waals surface area contributed by atoms with Crippen molar-refractivity contribution in [1.29, 1.82) is 0 Å². The zero-order chi connectivity index (χ0) is 12.0. The van der Waals surface area contributed by atoms with Gasteiger partial charge in [0.2, 0.25) is 10.1 Å². The van der Waals surface area contributed by atoms with Crippen LogP contribution in [0.4, 0.5) is 18.3 Å². The zero-order valence-electron chi connectivity index (χ0n) is 8.93. The van der Waals surface area contributed by atoms with Gasteiger partial charge < -0.3 is 5.32 Å². The molecule has 1 aromatic rings. The third-order valence-corrected chi connectivity index (χ3v) is 3.81. The number of rotatable bonds is 3. The Bertz CT molecular complexity index is 386. The molecule has 90 valence electrons. The summed E-state index contributed by atoms with van der Waals surface area (Å²) < 4.78 is 36.6. The first-order valence-corrected chi connectivity index (χ1v) is 5.75. The van der Waals surface area contributed by atoms with E-state index in [-0.39, 0.29) is 5.13 Å². The van der Waals surface area contributed by atoms with Gasteiger partial charge in [0, 0.05) is 6.54 Å². The third-order valence-electron chi connectivity index (χ3n) is 2.88. The van der Waals surface area contributed by atoms with Gasteiger partial charge in [-0.1, -0.05) is 25.2 Å². The predicted octanol–water partition coefficient (Wildman–Crippen LogP) is 3.01. The number of nitrogens with zero attached hydrogens (tertiary/aromatic N) is 2. The minimum absolute atomic E-state index is 0.245. The van der Waals surface area contributed by atoms with Crippen LogP contribution in [-0.4, -0.2) is 16.7 Å². The molecule has 0 saturated heterocycles. The van der Waals surface area contributed by atoms with Crippen molar-refractivity contribution >= 4 is 16.5 Å². The van der Waals surface area contributed by atoms with Gasteiger partial charge >= 0.3 is 6.18 Å². The van der Waals surface area contributed by atoms with Crippen LogP contribution in [-0.2, 0) is 6.18 Å². The monoisotopic (exact) mass is 251 g/mol. The Labute approximate surface area is 95.1 Å². The molecule has 3 nitrogen and oxygen atoms in total. The standard InChI is InChI=1S/C9H12F3N3S/c1-8(2)3-5(8)4-13-7-15-14-6(16-7)9(10,11)12/h5H,3-4H2,1-2H3,(H,13,15). The van der Waals surface area contributed by atoms with Gasteiger partial charge in [0.25, 0.3) is 0 Å². The second-order valence-corrected chi connectivity index (χ2v) is 5.66. The number of aromatic nitrogens is 2. The minimum atomic E-state index is -4.39. The van der Waals surface area contributed by atoms with Gasteiger partial charge in [-0.2, -0.15) is 13.2 Å². The average molecular weight is 251 g/mol. The van der Waals surface area contributed by atoms with Gasteiger partial charge in [-0.3, -0.25) is 0 Å². The molecule has 1 aliphatic rings. The van der Waals surface area contributed by atoms with Gasteiger partial charge in [-0.15, -0.1) is 10.2 Å². The van der Waals surface area contributed by atoms with Gasteiger partial charge in [-0.05, 0) is 17.8 Å². The van der Waals surface area contributed by atoms with Crippen molar-refractivity contribution in [2.45, 2.75) is 26.4 Å². The molecule has 0 bridgehead atoms. The highest BCUT2D eigenvalue weighted by Gasteiger charge is 2.45. The lowest BCUT2D eigenvalue weighted by Gasteiger charge is -2.03. The fraction of sp³-hybridized carbons (Fsp3) is 0.778. The van der Waals surface area contributed by atoms with Crippen molar-refractivity contribution in [2.75, 3.05) is 11.9 Å². The summed E-state index contributed by atoms with van der Waals surface area (Å²) in [5, 5.41) is 8.82. The SMILES string of the molecule is CC1(C)CC1CNc1nnc(C(F)(F)F)s1. The number of hydrogen-bond donors (Lipinski definition) is 1. The van der Waals surface area contributed by atoms with Crippen molar-refractivity contribution in [3.8, 4) is 0 Å². The highest BCUT2D eigenvalue weighted by atomic mass is 32.1. The lowest BCUT2D eigenvalue weighted by Crippen LogP contribution is -2.06. The lowest BCUT2D eigenvalue weighted by atomic mass is 10.1. The first-order valence-electron chi connectivity index (χ1n) is 4.93. The lowest BCUT2D eigenvalue weighted by molar-refractivity contribution is -0.138. The van der Waals surface area contributed by atoms with E-state index in [0.717, 1.165) is 6.42 Å². The van der Waals surface area contributed by atoms with Crippen molar-refractivity contribution < 1.29 is 13.2 Å². The topological polar surface area (TPSA) is 37.8 Å². The molecule has 0 aliphatic heterocycles. The first-order chi connectivity index (χ1) is 7.29. The smallest absolute Gasteiger partial charge is 0.360 e.